The highest BCUT2D eigenvalue weighted by Crippen LogP contribution is 2.36. The third-order valence-corrected chi connectivity index (χ3v) is 3.45. The van der Waals surface area contributed by atoms with Crippen molar-refractivity contribution in [1.29, 1.82) is 0 Å². The molecule has 1 N–H and O–H groups in total. The molecular formula is C17H24N6O2. The van der Waals surface area contributed by atoms with Crippen LogP contribution >= 0.6 is 0 Å². The number of nitrogens with zero attached hydrogens (tertiary/aromatic N) is 5. The van der Waals surface area contributed by atoms with Crippen molar-refractivity contribution in [3.63, 3.8) is 0 Å². The van der Waals surface area contributed by atoms with Crippen molar-refractivity contribution in [2.45, 2.75) is 13.8 Å². The zero-order valence-corrected chi connectivity index (χ0v) is 15.4. The molecule has 0 unspecified atom stereocenters. The van der Waals surface area contributed by atoms with Crippen LogP contribution in [0.15, 0.2) is 30.5 Å². The van der Waals surface area contributed by atoms with Crippen LogP contribution in [0.1, 0.15) is 13.8 Å². The Morgan fingerprint density at radius 1 is 1.00 bits per heavy atom. The fourth-order valence-corrected chi connectivity index (χ4v) is 2.41. The summed E-state index contributed by atoms with van der Waals surface area (Å²) in [5.74, 6) is 2.46. The average Bonchev–Trinajstić information content (AvgIpc) is 3.28. The van der Waals surface area contributed by atoms with E-state index in [1.807, 2.05) is 55.9 Å². The number of anilines is 1. The van der Waals surface area contributed by atoms with Gasteiger partial charge >= 0.3 is 0 Å². The lowest BCUT2D eigenvalue weighted by Gasteiger charge is -2.16. The van der Waals surface area contributed by atoms with Crippen molar-refractivity contribution >= 4 is 5.95 Å². The number of aromatic nitrogens is 5. The lowest BCUT2D eigenvalue weighted by Crippen LogP contribution is -2.07. The number of benzene rings is 1. The Morgan fingerprint density at radius 2 is 1.64 bits per heavy atom. The Kier molecular flexibility index (Phi) is 5.99. The van der Waals surface area contributed by atoms with Gasteiger partial charge in [0.25, 0.3) is 0 Å². The Hall–Kier alpha value is -3.03. The second-order valence-corrected chi connectivity index (χ2v) is 4.82. The number of para-hydroxylation sites is 1. The van der Waals surface area contributed by atoms with Gasteiger partial charge in [0.2, 0.25) is 5.95 Å². The van der Waals surface area contributed by atoms with Gasteiger partial charge in [-0.1, -0.05) is 19.9 Å². The van der Waals surface area contributed by atoms with Gasteiger partial charge in [-0.25, -0.2) is 0 Å². The van der Waals surface area contributed by atoms with Gasteiger partial charge in [0.05, 0.1) is 14.2 Å². The largest absolute Gasteiger partial charge is 0.494 e. The highest BCUT2D eigenvalue weighted by atomic mass is 16.5. The van der Waals surface area contributed by atoms with Crippen molar-refractivity contribution in [3.05, 3.63) is 30.5 Å². The van der Waals surface area contributed by atoms with Gasteiger partial charge in [-0.2, -0.15) is 5.10 Å². The molecule has 0 aliphatic carbocycles. The van der Waals surface area contributed by atoms with Gasteiger partial charge < -0.3 is 14.8 Å². The normalized spacial score (nSPS) is 10.0. The fourth-order valence-electron chi connectivity index (χ4n) is 2.41. The standard InChI is InChI=1S/C15H18N6O2.C2H6/c1-16-15-18-17-14(10-8-9-20(2)19-10)21(15)13-11(22-3)6-5-7-12(13)23-4;1-2/h5-9H,1-4H3,(H,16,18);1-2H3. The molecule has 25 heavy (non-hydrogen) atoms. The van der Waals surface area contributed by atoms with Crippen LogP contribution in [-0.4, -0.2) is 45.8 Å². The van der Waals surface area contributed by atoms with E-state index in [0.29, 0.717) is 34.7 Å². The number of aryl methyl sites for hydroxylation is 1. The number of rotatable bonds is 5. The first-order chi connectivity index (χ1) is 12.2. The molecule has 8 nitrogen and oxygen atoms in total. The minimum atomic E-state index is 0.563. The molecule has 1 aromatic carbocycles. The lowest BCUT2D eigenvalue weighted by molar-refractivity contribution is 0.391. The molecule has 0 radical (unpaired) electrons. The summed E-state index contributed by atoms with van der Waals surface area (Å²) in [5, 5.41) is 15.9. The Bertz CT molecular complexity index is 802. The Balaban J connectivity index is 0.00000109. The molecule has 3 aromatic rings. The van der Waals surface area contributed by atoms with Crippen molar-refractivity contribution in [2.24, 2.45) is 7.05 Å². The van der Waals surface area contributed by atoms with Crippen LogP contribution in [0.2, 0.25) is 0 Å². The summed E-state index contributed by atoms with van der Waals surface area (Å²) in [6.07, 6.45) is 1.85. The maximum Gasteiger partial charge on any atom is 0.229 e. The summed E-state index contributed by atoms with van der Waals surface area (Å²) in [5.41, 5.74) is 1.42. The molecule has 0 saturated heterocycles. The third-order valence-electron chi connectivity index (χ3n) is 3.45. The second kappa shape index (κ2) is 8.18. The van der Waals surface area contributed by atoms with E-state index >= 15 is 0 Å². The fraction of sp³-hybridized carbons (Fsp3) is 0.353. The lowest BCUT2D eigenvalue weighted by atomic mass is 10.2. The summed E-state index contributed by atoms with van der Waals surface area (Å²) in [4.78, 5) is 0. The summed E-state index contributed by atoms with van der Waals surface area (Å²) in [7, 11) is 6.86. The van der Waals surface area contributed by atoms with E-state index in [4.69, 9.17) is 9.47 Å². The molecule has 134 valence electrons. The quantitative estimate of drug-likeness (QED) is 0.767. The van der Waals surface area contributed by atoms with E-state index in [-0.39, 0.29) is 0 Å². The first kappa shape index (κ1) is 18.3. The predicted octanol–water partition coefficient (Wildman–Crippen LogP) is 2.75. The van der Waals surface area contributed by atoms with Crippen LogP contribution in [0.4, 0.5) is 5.95 Å². The van der Waals surface area contributed by atoms with E-state index in [9.17, 15) is 0 Å². The molecule has 0 amide bonds. The predicted molar refractivity (Wildman–Crippen MR) is 97.6 cm³/mol. The Labute approximate surface area is 147 Å². The van der Waals surface area contributed by atoms with Crippen LogP contribution < -0.4 is 14.8 Å². The van der Waals surface area contributed by atoms with Gasteiger partial charge in [-0.15, -0.1) is 10.2 Å². The topological polar surface area (TPSA) is 79.0 Å². The highest BCUT2D eigenvalue weighted by Gasteiger charge is 2.22. The third kappa shape index (κ3) is 3.42. The summed E-state index contributed by atoms with van der Waals surface area (Å²) in [6.45, 7) is 4.00. The molecule has 0 spiro atoms. The van der Waals surface area contributed by atoms with Crippen LogP contribution in [0.3, 0.4) is 0 Å². The number of ether oxygens (including phenoxy) is 2. The molecule has 2 aromatic heterocycles. The van der Waals surface area contributed by atoms with E-state index in [2.05, 4.69) is 20.6 Å². The van der Waals surface area contributed by atoms with Crippen LogP contribution in [0.25, 0.3) is 17.2 Å². The van der Waals surface area contributed by atoms with E-state index < -0.39 is 0 Å². The summed E-state index contributed by atoms with van der Waals surface area (Å²) < 4.78 is 14.5. The zero-order valence-electron chi connectivity index (χ0n) is 15.4. The van der Waals surface area contributed by atoms with Gasteiger partial charge in [0.15, 0.2) is 5.82 Å². The molecule has 0 aliphatic heterocycles. The van der Waals surface area contributed by atoms with E-state index in [1.165, 1.54) is 0 Å². The van der Waals surface area contributed by atoms with Crippen molar-refractivity contribution in [1.82, 2.24) is 24.5 Å². The van der Waals surface area contributed by atoms with Crippen molar-refractivity contribution in [2.75, 3.05) is 26.6 Å². The number of hydrogen-bond acceptors (Lipinski definition) is 6. The van der Waals surface area contributed by atoms with Gasteiger partial charge in [0, 0.05) is 20.3 Å². The van der Waals surface area contributed by atoms with Crippen LogP contribution in [0.5, 0.6) is 11.5 Å². The van der Waals surface area contributed by atoms with E-state index in [0.717, 1.165) is 0 Å². The van der Waals surface area contributed by atoms with Crippen LogP contribution in [-0.2, 0) is 7.05 Å². The maximum absolute atomic E-state index is 5.50. The maximum atomic E-state index is 5.50. The minimum absolute atomic E-state index is 0.563. The highest BCUT2D eigenvalue weighted by molar-refractivity contribution is 5.66. The number of nitrogens with one attached hydrogen (secondary N) is 1. The van der Waals surface area contributed by atoms with Crippen molar-refractivity contribution < 1.29 is 9.47 Å². The monoisotopic (exact) mass is 344 g/mol. The molecule has 3 rings (SSSR count). The molecule has 0 fully saturated rings. The molecular weight excluding hydrogens is 320 g/mol. The molecule has 2 heterocycles. The molecule has 0 bridgehead atoms. The smallest absolute Gasteiger partial charge is 0.229 e. The molecule has 0 aliphatic rings. The number of hydrogen-bond donors (Lipinski definition) is 1. The minimum Gasteiger partial charge on any atom is -0.494 e. The summed E-state index contributed by atoms with van der Waals surface area (Å²) in [6, 6.07) is 7.46. The number of methoxy groups -OCH3 is 2. The van der Waals surface area contributed by atoms with Crippen LogP contribution in [0, 0.1) is 0 Å². The second-order valence-electron chi connectivity index (χ2n) is 4.82. The first-order valence-corrected chi connectivity index (χ1v) is 8.04. The molecule has 0 saturated carbocycles. The molecule has 8 heteroatoms. The zero-order chi connectivity index (χ0) is 18.4. The average molecular weight is 344 g/mol. The summed E-state index contributed by atoms with van der Waals surface area (Å²) >= 11 is 0. The van der Waals surface area contributed by atoms with E-state index in [1.54, 1.807) is 25.9 Å². The first-order valence-electron chi connectivity index (χ1n) is 8.04. The Morgan fingerprint density at radius 3 is 2.12 bits per heavy atom. The van der Waals surface area contributed by atoms with Gasteiger partial charge in [-0.3, -0.25) is 9.25 Å². The van der Waals surface area contributed by atoms with Crippen molar-refractivity contribution in [3.8, 4) is 28.7 Å². The van der Waals surface area contributed by atoms with Gasteiger partial charge in [-0.05, 0) is 18.2 Å². The molecule has 0 atom stereocenters. The SMILES string of the molecule is CC.CNc1nnc(-c2ccn(C)n2)n1-c1c(OC)cccc1OC. The van der Waals surface area contributed by atoms with Gasteiger partial charge in [0.1, 0.15) is 22.9 Å².